The Bertz CT molecular complexity index is 747. The molecule has 0 radical (unpaired) electrons. The molecule has 0 aliphatic carbocycles. The van der Waals surface area contributed by atoms with E-state index >= 15 is 0 Å². The molecule has 0 spiro atoms. The van der Waals surface area contributed by atoms with Crippen molar-refractivity contribution in [3.63, 3.8) is 0 Å². The molecule has 102 valence electrons. The van der Waals surface area contributed by atoms with E-state index < -0.39 is 0 Å². The highest BCUT2D eigenvalue weighted by Gasteiger charge is 2.06. The number of hydrogen-bond acceptors (Lipinski definition) is 2. The van der Waals surface area contributed by atoms with Gasteiger partial charge in [0.1, 0.15) is 0 Å². The summed E-state index contributed by atoms with van der Waals surface area (Å²) >= 11 is 0. The minimum absolute atomic E-state index is 0.165. The van der Waals surface area contributed by atoms with Crippen molar-refractivity contribution in [2.45, 2.75) is 12.8 Å². The van der Waals surface area contributed by atoms with E-state index in [1.807, 2.05) is 12.1 Å². The van der Waals surface area contributed by atoms with Gasteiger partial charge in [0.15, 0.2) is 0 Å². The Labute approximate surface area is 118 Å². The van der Waals surface area contributed by atoms with E-state index in [9.17, 15) is 5.11 Å². The van der Waals surface area contributed by atoms with Crippen LogP contribution < -0.4 is 0 Å². The highest BCUT2D eigenvalue weighted by molar-refractivity contribution is 6.09. The molecule has 0 atom stereocenters. The lowest BCUT2D eigenvalue weighted by Gasteiger charge is -2.11. The molecule has 0 amide bonds. The van der Waals surface area contributed by atoms with E-state index in [0.29, 0.717) is 12.8 Å². The SMILES string of the molecule is OCCc1ccc2cc(CCO)c3ccccc3c2c1. The topological polar surface area (TPSA) is 40.5 Å². The van der Waals surface area contributed by atoms with Crippen molar-refractivity contribution < 1.29 is 10.2 Å². The van der Waals surface area contributed by atoms with E-state index in [-0.39, 0.29) is 13.2 Å². The first-order valence-electron chi connectivity index (χ1n) is 6.98. The number of fused-ring (bicyclic) bond motifs is 3. The summed E-state index contributed by atoms with van der Waals surface area (Å²) in [6, 6.07) is 16.8. The van der Waals surface area contributed by atoms with Crippen LogP contribution in [-0.2, 0) is 12.8 Å². The monoisotopic (exact) mass is 266 g/mol. The first kappa shape index (κ1) is 13.1. The van der Waals surface area contributed by atoms with Crippen LogP contribution in [0.5, 0.6) is 0 Å². The molecule has 0 saturated heterocycles. The zero-order valence-corrected chi connectivity index (χ0v) is 11.3. The Morgan fingerprint density at radius 3 is 2.20 bits per heavy atom. The van der Waals surface area contributed by atoms with Crippen molar-refractivity contribution in [3.8, 4) is 0 Å². The standard InChI is InChI=1S/C18H18O2/c19-9-7-13-5-6-14-12-15(8-10-20)16-3-1-2-4-17(16)18(14)11-13/h1-6,11-12,19-20H,7-10H2. The maximum Gasteiger partial charge on any atom is 0.0471 e. The molecule has 0 bridgehead atoms. The lowest BCUT2D eigenvalue weighted by Crippen LogP contribution is -1.94. The molecule has 3 aromatic rings. The van der Waals surface area contributed by atoms with Gasteiger partial charge in [-0.05, 0) is 45.5 Å². The summed E-state index contributed by atoms with van der Waals surface area (Å²) in [5, 5.41) is 23.2. The molecule has 2 heteroatoms. The van der Waals surface area contributed by atoms with Crippen molar-refractivity contribution in [2.75, 3.05) is 13.2 Å². The predicted molar refractivity (Wildman–Crippen MR) is 83.0 cm³/mol. The fourth-order valence-electron chi connectivity index (χ4n) is 2.84. The Kier molecular flexibility index (Phi) is 3.68. The molecular weight excluding hydrogens is 248 g/mol. The normalized spacial score (nSPS) is 11.3. The van der Waals surface area contributed by atoms with Gasteiger partial charge >= 0.3 is 0 Å². The van der Waals surface area contributed by atoms with Gasteiger partial charge in [-0.1, -0.05) is 48.5 Å². The van der Waals surface area contributed by atoms with Crippen molar-refractivity contribution in [1.82, 2.24) is 0 Å². The number of benzene rings is 3. The highest BCUT2D eigenvalue weighted by atomic mass is 16.3. The number of aliphatic hydroxyl groups excluding tert-OH is 2. The molecule has 0 aliphatic rings. The summed E-state index contributed by atoms with van der Waals surface area (Å²) in [4.78, 5) is 0. The van der Waals surface area contributed by atoms with Crippen molar-refractivity contribution in [1.29, 1.82) is 0 Å². The second-order valence-corrected chi connectivity index (χ2v) is 5.08. The second kappa shape index (κ2) is 5.61. The fourth-order valence-corrected chi connectivity index (χ4v) is 2.84. The molecule has 20 heavy (non-hydrogen) atoms. The van der Waals surface area contributed by atoms with Crippen LogP contribution in [0.3, 0.4) is 0 Å². The van der Waals surface area contributed by atoms with Crippen LogP contribution in [0.4, 0.5) is 0 Å². The van der Waals surface area contributed by atoms with E-state index in [2.05, 4.69) is 36.4 Å². The van der Waals surface area contributed by atoms with Gasteiger partial charge < -0.3 is 10.2 Å². The first-order chi connectivity index (χ1) is 9.83. The van der Waals surface area contributed by atoms with Gasteiger partial charge in [0.25, 0.3) is 0 Å². The van der Waals surface area contributed by atoms with E-state index in [4.69, 9.17) is 5.11 Å². The average molecular weight is 266 g/mol. The third kappa shape index (κ3) is 2.28. The minimum Gasteiger partial charge on any atom is -0.396 e. The molecule has 0 heterocycles. The van der Waals surface area contributed by atoms with Gasteiger partial charge in [-0.3, -0.25) is 0 Å². The third-order valence-corrected chi connectivity index (χ3v) is 3.79. The van der Waals surface area contributed by atoms with Gasteiger partial charge in [-0.15, -0.1) is 0 Å². The Morgan fingerprint density at radius 2 is 1.45 bits per heavy atom. The minimum atomic E-state index is 0.165. The Balaban J connectivity index is 2.31. The summed E-state index contributed by atoms with van der Waals surface area (Å²) in [5.41, 5.74) is 2.34. The summed E-state index contributed by atoms with van der Waals surface area (Å²) in [6.07, 6.45) is 1.36. The smallest absolute Gasteiger partial charge is 0.0471 e. The van der Waals surface area contributed by atoms with Gasteiger partial charge in [-0.2, -0.15) is 0 Å². The fraction of sp³-hybridized carbons (Fsp3) is 0.222. The van der Waals surface area contributed by atoms with Crippen LogP contribution in [0.25, 0.3) is 21.5 Å². The molecule has 3 rings (SSSR count). The van der Waals surface area contributed by atoms with E-state index in [1.165, 1.54) is 27.1 Å². The number of rotatable bonds is 4. The van der Waals surface area contributed by atoms with Crippen LogP contribution >= 0.6 is 0 Å². The Hall–Kier alpha value is -1.90. The molecular formula is C18H18O2. The molecule has 0 saturated carbocycles. The average Bonchev–Trinajstić information content (AvgIpc) is 2.48. The molecule has 3 aromatic carbocycles. The van der Waals surface area contributed by atoms with Crippen LogP contribution in [0.15, 0.2) is 48.5 Å². The summed E-state index contributed by atoms with van der Waals surface area (Å²) in [7, 11) is 0. The van der Waals surface area contributed by atoms with Crippen LogP contribution in [0.1, 0.15) is 11.1 Å². The maximum atomic E-state index is 9.24. The lowest BCUT2D eigenvalue weighted by atomic mass is 9.94. The molecule has 0 aromatic heterocycles. The van der Waals surface area contributed by atoms with E-state index in [0.717, 1.165) is 5.56 Å². The van der Waals surface area contributed by atoms with Crippen molar-refractivity contribution >= 4 is 21.5 Å². The zero-order chi connectivity index (χ0) is 13.9. The number of aliphatic hydroxyl groups is 2. The van der Waals surface area contributed by atoms with Crippen LogP contribution in [-0.4, -0.2) is 23.4 Å². The molecule has 2 nitrogen and oxygen atoms in total. The molecule has 0 unspecified atom stereocenters. The molecule has 0 aliphatic heterocycles. The van der Waals surface area contributed by atoms with Crippen LogP contribution in [0, 0.1) is 0 Å². The van der Waals surface area contributed by atoms with Gasteiger partial charge in [-0.25, -0.2) is 0 Å². The summed E-state index contributed by atoms with van der Waals surface area (Å²) in [5.74, 6) is 0. The molecule has 0 fully saturated rings. The van der Waals surface area contributed by atoms with Gasteiger partial charge in [0, 0.05) is 13.2 Å². The van der Waals surface area contributed by atoms with Gasteiger partial charge in [0.2, 0.25) is 0 Å². The lowest BCUT2D eigenvalue weighted by molar-refractivity contribution is 0.299. The van der Waals surface area contributed by atoms with E-state index in [1.54, 1.807) is 0 Å². The van der Waals surface area contributed by atoms with Crippen molar-refractivity contribution in [3.05, 3.63) is 59.7 Å². The zero-order valence-electron chi connectivity index (χ0n) is 11.3. The summed E-state index contributed by atoms with van der Waals surface area (Å²) < 4.78 is 0. The Morgan fingerprint density at radius 1 is 0.700 bits per heavy atom. The van der Waals surface area contributed by atoms with Crippen LogP contribution in [0.2, 0.25) is 0 Å². The number of hydrogen-bond donors (Lipinski definition) is 2. The predicted octanol–water partition coefficient (Wildman–Crippen LogP) is 3.06. The third-order valence-electron chi connectivity index (χ3n) is 3.79. The molecule has 2 N–H and O–H groups in total. The maximum absolute atomic E-state index is 9.24. The summed E-state index contributed by atoms with van der Waals surface area (Å²) in [6.45, 7) is 0.337. The largest absolute Gasteiger partial charge is 0.396 e. The highest BCUT2D eigenvalue weighted by Crippen LogP contribution is 2.29. The van der Waals surface area contributed by atoms with Gasteiger partial charge in [0.05, 0.1) is 0 Å². The second-order valence-electron chi connectivity index (χ2n) is 5.08. The van der Waals surface area contributed by atoms with Crippen molar-refractivity contribution in [2.24, 2.45) is 0 Å². The first-order valence-corrected chi connectivity index (χ1v) is 6.98. The quantitative estimate of drug-likeness (QED) is 0.712.